The van der Waals surface area contributed by atoms with Crippen LogP contribution in [0.5, 0.6) is 11.5 Å². The maximum absolute atomic E-state index is 12.6. The number of nitrogens with zero attached hydrogens (tertiary/aromatic N) is 1. The van der Waals surface area contributed by atoms with Gasteiger partial charge in [0.1, 0.15) is 6.61 Å². The van der Waals surface area contributed by atoms with E-state index in [0.717, 1.165) is 29.3 Å². The average Bonchev–Trinajstić information content (AvgIpc) is 2.99. The Labute approximate surface area is 169 Å². The number of carbonyl (C=O) groups excluding carboxylic acids is 2. The molecular weight excluding hydrogens is 374 g/mol. The van der Waals surface area contributed by atoms with E-state index in [-0.39, 0.29) is 17.2 Å². The van der Waals surface area contributed by atoms with E-state index in [0.29, 0.717) is 23.0 Å². The van der Waals surface area contributed by atoms with Gasteiger partial charge in [0.05, 0.1) is 12.0 Å². The second-order valence-corrected chi connectivity index (χ2v) is 7.49. The number of imide groups is 1. The summed E-state index contributed by atoms with van der Waals surface area (Å²) in [6.45, 7) is 4.24. The Kier molecular flexibility index (Phi) is 6.41. The molecule has 1 fully saturated rings. The van der Waals surface area contributed by atoms with Gasteiger partial charge in [-0.3, -0.25) is 14.5 Å². The summed E-state index contributed by atoms with van der Waals surface area (Å²) in [5.41, 5.74) is 1.82. The molecule has 3 rings (SSSR count). The number of hydrogen-bond donors (Lipinski definition) is 0. The normalized spacial score (nSPS) is 16.5. The van der Waals surface area contributed by atoms with Gasteiger partial charge in [-0.15, -0.1) is 0 Å². The van der Waals surface area contributed by atoms with Crippen molar-refractivity contribution in [3.8, 4) is 11.5 Å². The van der Waals surface area contributed by atoms with Crippen molar-refractivity contribution >= 4 is 29.0 Å². The molecule has 1 aliphatic heterocycles. The number of methoxy groups -OCH3 is 1. The molecule has 0 bridgehead atoms. The molecule has 0 aromatic heterocycles. The smallest absolute Gasteiger partial charge is 0.293 e. The molecule has 0 N–H and O–H groups in total. The van der Waals surface area contributed by atoms with Gasteiger partial charge >= 0.3 is 0 Å². The molecule has 2 aromatic rings. The molecule has 0 aliphatic carbocycles. The number of amides is 2. The van der Waals surface area contributed by atoms with Crippen molar-refractivity contribution in [2.45, 2.75) is 32.9 Å². The van der Waals surface area contributed by atoms with Gasteiger partial charge in [0.2, 0.25) is 0 Å². The van der Waals surface area contributed by atoms with Crippen molar-refractivity contribution in [1.82, 2.24) is 4.90 Å². The number of benzene rings is 2. The first-order valence-electron chi connectivity index (χ1n) is 9.15. The third-order valence-corrected chi connectivity index (χ3v) is 5.46. The van der Waals surface area contributed by atoms with E-state index in [1.165, 1.54) is 4.90 Å². The number of rotatable bonds is 7. The van der Waals surface area contributed by atoms with Crippen molar-refractivity contribution in [3.05, 3.63) is 64.6 Å². The van der Waals surface area contributed by atoms with E-state index in [1.807, 2.05) is 56.3 Å². The highest BCUT2D eigenvalue weighted by Gasteiger charge is 2.37. The van der Waals surface area contributed by atoms with Crippen LogP contribution < -0.4 is 9.47 Å². The molecule has 146 valence electrons. The molecule has 1 aliphatic rings. The summed E-state index contributed by atoms with van der Waals surface area (Å²) in [6.07, 6.45) is 2.45. The predicted octanol–water partition coefficient (Wildman–Crippen LogP) is 5.11. The summed E-state index contributed by atoms with van der Waals surface area (Å²) < 4.78 is 11.3. The zero-order valence-corrected chi connectivity index (χ0v) is 17.0. The number of ether oxygens (including phenoxy) is 2. The summed E-state index contributed by atoms with van der Waals surface area (Å²) in [5, 5.41) is -0.223. The summed E-state index contributed by atoms with van der Waals surface area (Å²) in [5.74, 6) is 0.953. The number of hydrogen-bond acceptors (Lipinski definition) is 5. The molecule has 0 saturated carbocycles. The fraction of sp³-hybridized carbons (Fsp3) is 0.273. The minimum Gasteiger partial charge on any atom is -0.493 e. The summed E-state index contributed by atoms with van der Waals surface area (Å²) in [7, 11) is 1.59. The lowest BCUT2D eigenvalue weighted by Gasteiger charge is -2.19. The quantitative estimate of drug-likeness (QED) is 0.608. The minimum absolute atomic E-state index is 0.112. The van der Waals surface area contributed by atoms with E-state index in [2.05, 4.69) is 0 Å². The van der Waals surface area contributed by atoms with E-state index in [1.54, 1.807) is 19.3 Å². The van der Waals surface area contributed by atoms with Gasteiger partial charge in [-0.2, -0.15) is 0 Å². The first-order valence-corrected chi connectivity index (χ1v) is 9.97. The molecule has 0 radical (unpaired) electrons. The van der Waals surface area contributed by atoms with E-state index in [4.69, 9.17) is 9.47 Å². The lowest BCUT2D eigenvalue weighted by atomic mass is 10.1. The van der Waals surface area contributed by atoms with Crippen molar-refractivity contribution in [3.63, 3.8) is 0 Å². The SMILES string of the molecule is CC[C@@H](C)N1C(=O)S/C(=C/c2ccc(OC)c(OCc3ccccc3)c2)C1=O. The highest BCUT2D eigenvalue weighted by molar-refractivity contribution is 8.18. The van der Waals surface area contributed by atoms with Gasteiger partial charge in [-0.1, -0.05) is 43.3 Å². The lowest BCUT2D eigenvalue weighted by Crippen LogP contribution is -2.36. The Hall–Kier alpha value is -2.73. The predicted molar refractivity (Wildman–Crippen MR) is 111 cm³/mol. The monoisotopic (exact) mass is 397 g/mol. The molecule has 28 heavy (non-hydrogen) atoms. The Morgan fingerprint density at radius 2 is 1.86 bits per heavy atom. The van der Waals surface area contributed by atoms with Gasteiger partial charge in [-0.05, 0) is 54.4 Å². The van der Waals surface area contributed by atoms with Crippen molar-refractivity contribution in [2.24, 2.45) is 0 Å². The van der Waals surface area contributed by atoms with Crippen molar-refractivity contribution in [1.29, 1.82) is 0 Å². The van der Waals surface area contributed by atoms with Gasteiger partial charge in [0, 0.05) is 6.04 Å². The molecular formula is C22H23NO4S. The van der Waals surface area contributed by atoms with Crippen LogP contribution in [0.1, 0.15) is 31.4 Å². The fourth-order valence-electron chi connectivity index (χ4n) is 2.82. The van der Waals surface area contributed by atoms with Gasteiger partial charge in [0.15, 0.2) is 11.5 Å². The zero-order valence-electron chi connectivity index (χ0n) is 16.2. The van der Waals surface area contributed by atoms with Crippen LogP contribution in [0, 0.1) is 0 Å². The molecule has 0 unspecified atom stereocenters. The van der Waals surface area contributed by atoms with Gasteiger partial charge < -0.3 is 9.47 Å². The summed E-state index contributed by atoms with van der Waals surface area (Å²) in [4.78, 5) is 26.5. The van der Waals surface area contributed by atoms with Crippen LogP contribution in [0.4, 0.5) is 4.79 Å². The van der Waals surface area contributed by atoms with Crippen molar-refractivity contribution < 1.29 is 19.1 Å². The summed E-state index contributed by atoms with van der Waals surface area (Å²) in [6, 6.07) is 15.2. The van der Waals surface area contributed by atoms with Crippen LogP contribution in [0.2, 0.25) is 0 Å². The van der Waals surface area contributed by atoms with Gasteiger partial charge in [-0.25, -0.2) is 0 Å². The molecule has 2 amide bonds. The maximum atomic E-state index is 12.6. The topological polar surface area (TPSA) is 55.8 Å². The number of thioether (sulfide) groups is 1. The Morgan fingerprint density at radius 1 is 1.11 bits per heavy atom. The van der Waals surface area contributed by atoms with E-state index in [9.17, 15) is 9.59 Å². The van der Waals surface area contributed by atoms with Crippen LogP contribution in [0.25, 0.3) is 6.08 Å². The molecule has 1 heterocycles. The van der Waals surface area contributed by atoms with Crippen LogP contribution in [0.15, 0.2) is 53.4 Å². The molecule has 1 saturated heterocycles. The van der Waals surface area contributed by atoms with Crippen LogP contribution in [-0.4, -0.2) is 29.2 Å². The molecule has 1 atom stereocenters. The minimum atomic E-state index is -0.244. The lowest BCUT2D eigenvalue weighted by molar-refractivity contribution is -0.124. The second-order valence-electron chi connectivity index (χ2n) is 6.49. The highest BCUT2D eigenvalue weighted by atomic mass is 32.2. The number of carbonyl (C=O) groups is 2. The van der Waals surface area contributed by atoms with Crippen molar-refractivity contribution in [2.75, 3.05) is 7.11 Å². The average molecular weight is 397 g/mol. The molecule has 2 aromatic carbocycles. The molecule has 0 spiro atoms. The van der Waals surface area contributed by atoms with Crippen LogP contribution >= 0.6 is 11.8 Å². The van der Waals surface area contributed by atoms with E-state index >= 15 is 0 Å². The standard InChI is InChI=1S/C22H23NO4S/c1-4-15(2)23-21(24)20(28-22(23)25)13-17-10-11-18(26-3)19(12-17)27-14-16-8-6-5-7-9-16/h5-13,15H,4,14H2,1-3H3/b20-13+/t15-/m1/s1. The third-order valence-electron chi connectivity index (χ3n) is 4.58. The zero-order chi connectivity index (χ0) is 20.1. The molecule has 5 nitrogen and oxygen atoms in total. The Balaban J connectivity index is 1.82. The highest BCUT2D eigenvalue weighted by Crippen LogP contribution is 2.36. The molecule has 6 heteroatoms. The van der Waals surface area contributed by atoms with Crippen LogP contribution in [0.3, 0.4) is 0 Å². The first kappa shape index (κ1) is 20.0. The van der Waals surface area contributed by atoms with Gasteiger partial charge in [0.25, 0.3) is 11.1 Å². The summed E-state index contributed by atoms with van der Waals surface area (Å²) >= 11 is 0.973. The first-order chi connectivity index (χ1) is 13.5. The maximum Gasteiger partial charge on any atom is 0.293 e. The van der Waals surface area contributed by atoms with E-state index < -0.39 is 0 Å². The Morgan fingerprint density at radius 3 is 2.54 bits per heavy atom. The fourth-order valence-corrected chi connectivity index (χ4v) is 3.75. The largest absolute Gasteiger partial charge is 0.493 e. The Bertz CT molecular complexity index is 895. The van der Waals surface area contributed by atoms with Crippen LogP contribution in [-0.2, 0) is 11.4 Å². The third kappa shape index (κ3) is 4.39. The second kappa shape index (κ2) is 8.97.